The van der Waals surface area contributed by atoms with Crippen molar-refractivity contribution in [3.05, 3.63) is 29.8 Å². The normalized spacial score (nSPS) is 13.9. The summed E-state index contributed by atoms with van der Waals surface area (Å²) in [6, 6.07) is 7.86. The average Bonchev–Trinajstić information content (AvgIpc) is 2.17. The largest absolute Gasteiger partial charge is 0.586 e. The first kappa shape index (κ1) is 7.37. The zero-order valence-corrected chi connectivity index (χ0v) is 6.73. The molecule has 3 nitrogen and oxygen atoms in total. The van der Waals surface area contributed by atoms with Crippen LogP contribution in [-0.4, -0.2) is 20.4 Å². The van der Waals surface area contributed by atoms with Crippen LogP contribution in [0.5, 0.6) is 0 Å². The van der Waals surface area contributed by atoms with E-state index in [1.54, 1.807) is 13.3 Å². The zero-order valence-electron chi connectivity index (χ0n) is 6.73. The first-order chi connectivity index (χ1) is 5.92. The second-order valence-corrected chi connectivity index (χ2v) is 2.54. The summed E-state index contributed by atoms with van der Waals surface area (Å²) in [5.74, 6) is 0. The molecule has 0 saturated heterocycles. The van der Waals surface area contributed by atoms with Gasteiger partial charge in [-0.05, 0) is 5.56 Å². The van der Waals surface area contributed by atoms with Gasteiger partial charge in [-0.1, -0.05) is 24.3 Å². The molecule has 60 valence electrons. The van der Waals surface area contributed by atoms with Crippen LogP contribution >= 0.6 is 0 Å². The molecule has 0 aliphatic carbocycles. The van der Waals surface area contributed by atoms with E-state index in [9.17, 15) is 0 Å². The molecule has 1 aromatic carbocycles. The molecule has 1 aliphatic rings. The van der Waals surface area contributed by atoms with E-state index in [0.29, 0.717) is 0 Å². The summed E-state index contributed by atoms with van der Waals surface area (Å²) < 4.78 is 10.1. The van der Waals surface area contributed by atoms with Crippen molar-refractivity contribution in [3.8, 4) is 0 Å². The average molecular weight is 161 g/mol. The van der Waals surface area contributed by atoms with Crippen LogP contribution in [0.1, 0.15) is 5.56 Å². The van der Waals surface area contributed by atoms with Gasteiger partial charge < -0.3 is 9.41 Å². The van der Waals surface area contributed by atoms with Gasteiger partial charge in [-0.3, -0.25) is 0 Å². The summed E-state index contributed by atoms with van der Waals surface area (Å²) in [5, 5.41) is 3.72. The van der Waals surface area contributed by atoms with Crippen LogP contribution in [0.25, 0.3) is 0 Å². The fourth-order valence-corrected chi connectivity index (χ4v) is 1.21. The van der Waals surface area contributed by atoms with Gasteiger partial charge in [0, 0.05) is 12.6 Å². The number of fused-ring (bicyclic) bond motifs is 1. The van der Waals surface area contributed by atoms with Crippen LogP contribution in [0.3, 0.4) is 0 Å². The molecule has 0 fully saturated rings. The minimum absolute atomic E-state index is 0.355. The Morgan fingerprint density at radius 1 is 1.42 bits per heavy atom. The van der Waals surface area contributed by atoms with Crippen molar-refractivity contribution in [2.75, 3.05) is 7.11 Å². The maximum atomic E-state index is 5.08. The van der Waals surface area contributed by atoms with Crippen molar-refractivity contribution in [1.29, 1.82) is 0 Å². The van der Waals surface area contributed by atoms with Gasteiger partial charge in [-0.2, -0.15) is 0 Å². The second-order valence-electron chi connectivity index (χ2n) is 2.54. The van der Waals surface area contributed by atoms with Gasteiger partial charge in [0.05, 0.1) is 6.21 Å². The Labute approximate surface area is 71.1 Å². The Bertz CT molecular complexity index is 314. The fourth-order valence-electron chi connectivity index (χ4n) is 1.21. The van der Waals surface area contributed by atoms with Gasteiger partial charge >= 0.3 is 7.12 Å². The van der Waals surface area contributed by atoms with Gasteiger partial charge in [-0.25, -0.2) is 0 Å². The quantitative estimate of drug-likeness (QED) is 0.557. The van der Waals surface area contributed by atoms with E-state index in [2.05, 4.69) is 5.16 Å². The monoisotopic (exact) mass is 161 g/mol. The molecular weight excluding hydrogens is 153 g/mol. The lowest BCUT2D eigenvalue weighted by Gasteiger charge is -2.14. The standard InChI is InChI=1S/C8H8BNO2/c1-11-9-8-5-3-2-4-7(8)6-10-12-9/h2-6H,1H3. The summed E-state index contributed by atoms with van der Waals surface area (Å²) >= 11 is 0. The van der Waals surface area contributed by atoms with E-state index < -0.39 is 0 Å². The van der Waals surface area contributed by atoms with Crippen LogP contribution < -0.4 is 5.46 Å². The van der Waals surface area contributed by atoms with Gasteiger partial charge in [-0.15, -0.1) is 5.16 Å². The van der Waals surface area contributed by atoms with Crippen molar-refractivity contribution in [3.63, 3.8) is 0 Å². The number of rotatable bonds is 1. The molecule has 0 N–H and O–H groups in total. The molecule has 2 rings (SSSR count). The second kappa shape index (κ2) is 2.99. The van der Waals surface area contributed by atoms with Crippen LogP contribution in [0, 0.1) is 0 Å². The van der Waals surface area contributed by atoms with E-state index in [1.165, 1.54) is 0 Å². The molecule has 0 saturated carbocycles. The van der Waals surface area contributed by atoms with Crippen molar-refractivity contribution < 1.29 is 9.41 Å². The molecule has 0 spiro atoms. The third kappa shape index (κ3) is 1.10. The van der Waals surface area contributed by atoms with E-state index in [0.717, 1.165) is 11.0 Å². The minimum Gasteiger partial charge on any atom is -0.427 e. The number of hydrogen-bond donors (Lipinski definition) is 0. The summed E-state index contributed by atoms with van der Waals surface area (Å²) in [5.41, 5.74) is 2.07. The van der Waals surface area contributed by atoms with E-state index in [4.69, 9.17) is 9.41 Å². The molecule has 1 aliphatic heterocycles. The molecule has 4 heteroatoms. The molecule has 1 heterocycles. The summed E-state index contributed by atoms with van der Waals surface area (Å²) in [6.07, 6.45) is 1.69. The lowest BCUT2D eigenvalue weighted by atomic mass is 9.76. The molecule has 0 amide bonds. The first-order valence-corrected chi connectivity index (χ1v) is 3.73. The molecule has 1 aromatic rings. The van der Waals surface area contributed by atoms with E-state index >= 15 is 0 Å². The molecule has 12 heavy (non-hydrogen) atoms. The molecule has 0 aromatic heterocycles. The topological polar surface area (TPSA) is 30.8 Å². The fraction of sp³-hybridized carbons (Fsp3) is 0.125. The summed E-state index contributed by atoms with van der Waals surface area (Å²) in [4.78, 5) is 0. The zero-order chi connectivity index (χ0) is 8.39. The highest BCUT2D eigenvalue weighted by molar-refractivity contribution is 6.63. The SMILES string of the molecule is COB1ON=Cc2ccccc21. The maximum Gasteiger partial charge on any atom is 0.586 e. The lowest BCUT2D eigenvalue weighted by molar-refractivity contribution is 0.252. The van der Waals surface area contributed by atoms with Crippen molar-refractivity contribution in [2.45, 2.75) is 0 Å². The van der Waals surface area contributed by atoms with Crippen LogP contribution in [0.2, 0.25) is 0 Å². The highest BCUT2D eigenvalue weighted by Crippen LogP contribution is 2.02. The Balaban J connectivity index is 2.45. The smallest absolute Gasteiger partial charge is 0.427 e. The van der Waals surface area contributed by atoms with Crippen LogP contribution in [0.15, 0.2) is 29.4 Å². The Morgan fingerprint density at radius 3 is 3.08 bits per heavy atom. The molecule has 0 bridgehead atoms. The molecular formula is C8H8BNO2. The third-order valence-corrected chi connectivity index (χ3v) is 1.81. The van der Waals surface area contributed by atoms with Gasteiger partial charge in [0.1, 0.15) is 0 Å². The van der Waals surface area contributed by atoms with Crippen molar-refractivity contribution in [1.82, 2.24) is 0 Å². The molecule has 0 radical (unpaired) electrons. The van der Waals surface area contributed by atoms with Gasteiger partial charge in [0.25, 0.3) is 0 Å². The van der Waals surface area contributed by atoms with Gasteiger partial charge in [0.2, 0.25) is 0 Å². The molecule has 0 unspecified atom stereocenters. The first-order valence-electron chi connectivity index (χ1n) is 3.73. The maximum absolute atomic E-state index is 5.08. The van der Waals surface area contributed by atoms with Crippen LogP contribution in [0.4, 0.5) is 0 Å². The van der Waals surface area contributed by atoms with Gasteiger partial charge in [0.15, 0.2) is 0 Å². The summed E-state index contributed by atoms with van der Waals surface area (Å²) in [6.45, 7) is 0. The Kier molecular flexibility index (Phi) is 1.83. The van der Waals surface area contributed by atoms with Crippen molar-refractivity contribution in [2.24, 2.45) is 5.16 Å². The van der Waals surface area contributed by atoms with E-state index in [1.807, 2.05) is 24.3 Å². The minimum atomic E-state index is -0.355. The molecule has 0 atom stereocenters. The summed E-state index contributed by atoms with van der Waals surface area (Å²) in [7, 11) is 1.24. The number of hydrogen-bond acceptors (Lipinski definition) is 3. The van der Waals surface area contributed by atoms with Crippen LogP contribution in [-0.2, 0) is 9.41 Å². The highest BCUT2D eigenvalue weighted by Gasteiger charge is 2.26. The number of oxime groups is 1. The highest BCUT2D eigenvalue weighted by atomic mass is 16.7. The van der Waals surface area contributed by atoms with Crippen molar-refractivity contribution >= 4 is 18.8 Å². The predicted molar refractivity (Wildman–Crippen MR) is 47.5 cm³/mol. The number of nitrogens with zero attached hydrogens (tertiary/aromatic N) is 1. The Hall–Kier alpha value is -1.29. The number of benzene rings is 1. The Morgan fingerprint density at radius 2 is 2.25 bits per heavy atom. The lowest BCUT2D eigenvalue weighted by Crippen LogP contribution is -2.39. The van der Waals surface area contributed by atoms with E-state index in [-0.39, 0.29) is 7.12 Å². The third-order valence-electron chi connectivity index (χ3n) is 1.81. The predicted octanol–water partition coefficient (Wildman–Crippen LogP) is 0.392.